The fourth-order valence-electron chi connectivity index (χ4n) is 1.32. The highest BCUT2D eigenvalue weighted by Crippen LogP contribution is 2.21. The molecule has 0 spiro atoms. The van der Waals surface area contributed by atoms with Gasteiger partial charge in [0.15, 0.2) is 0 Å². The van der Waals surface area contributed by atoms with Gasteiger partial charge < -0.3 is 4.42 Å². The Hall–Kier alpha value is -2.17. The van der Waals surface area contributed by atoms with Crippen molar-refractivity contribution in [1.29, 1.82) is 10.5 Å². The van der Waals surface area contributed by atoms with E-state index in [1.54, 1.807) is 24.3 Å². The minimum absolute atomic E-state index is 0.0267. The molecule has 3 nitrogen and oxygen atoms in total. The van der Waals surface area contributed by atoms with Gasteiger partial charge in [-0.3, -0.25) is 0 Å². The van der Waals surface area contributed by atoms with E-state index in [1.807, 2.05) is 12.1 Å². The molecular weight excluding hydrogens is 208 g/mol. The maximum absolute atomic E-state index is 8.86. The Kier molecular flexibility index (Phi) is 2.21. The van der Waals surface area contributed by atoms with Crippen LogP contribution in [0.15, 0.2) is 28.7 Å². The van der Waals surface area contributed by atoms with Gasteiger partial charge in [-0.2, -0.15) is 10.5 Å². The molecule has 0 atom stereocenters. The first kappa shape index (κ1) is 9.39. The summed E-state index contributed by atoms with van der Waals surface area (Å²) < 4.78 is 5.63. The van der Waals surface area contributed by atoms with Crippen LogP contribution in [0.5, 0.6) is 0 Å². The van der Waals surface area contributed by atoms with Gasteiger partial charge in [0.2, 0.25) is 5.76 Å². The number of hydrogen-bond donors (Lipinski definition) is 0. The fraction of sp³-hybridized carbons (Fsp3) is 0. The van der Waals surface area contributed by atoms with Crippen LogP contribution in [-0.4, -0.2) is 0 Å². The smallest absolute Gasteiger partial charge is 0.223 e. The summed E-state index contributed by atoms with van der Waals surface area (Å²) in [7, 11) is 0. The largest absolute Gasteiger partial charge is 0.444 e. The number of nitriles is 2. The number of fused-ring (bicyclic) bond motifs is 1. The minimum atomic E-state index is -0.0267. The Balaban J connectivity index is 3.05. The molecular formula is C11H4N2OS. The van der Waals surface area contributed by atoms with E-state index in [0.29, 0.717) is 15.5 Å². The normalized spacial score (nSPS) is 9.47. The third-order valence-corrected chi connectivity index (χ3v) is 2.44. The predicted molar refractivity (Wildman–Crippen MR) is 56.5 cm³/mol. The number of nitrogens with zero attached hydrogens (tertiary/aromatic N) is 2. The van der Waals surface area contributed by atoms with Gasteiger partial charge in [0.25, 0.3) is 0 Å². The van der Waals surface area contributed by atoms with Crippen LogP contribution in [0.3, 0.4) is 0 Å². The zero-order valence-electron chi connectivity index (χ0n) is 7.52. The third kappa shape index (κ3) is 1.38. The second-order valence-electron chi connectivity index (χ2n) is 2.86. The van der Waals surface area contributed by atoms with Crippen molar-refractivity contribution in [3.63, 3.8) is 0 Å². The van der Waals surface area contributed by atoms with E-state index < -0.39 is 0 Å². The minimum Gasteiger partial charge on any atom is -0.444 e. The molecule has 1 heterocycles. The zero-order valence-corrected chi connectivity index (χ0v) is 8.34. The van der Waals surface area contributed by atoms with Gasteiger partial charge in [0.05, 0.1) is 4.51 Å². The number of benzene rings is 1. The van der Waals surface area contributed by atoms with Crippen LogP contribution in [0.1, 0.15) is 11.3 Å². The lowest BCUT2D eigenvalue weighted by molar-refractivity contribution is 0.584. The molecule has 2 rings (SSSR count). The van der Waals surface area contributed by atoms with Crippen molar-refractivity contribution in [2.45, 2.75) is 0 Å². The second kappa shape index (κ2) is 3.53. The molecule has 0 radical (unpaired) electrons. The zero-order chi connectivity index (χ0) is 10.8. The first-order chi connectivity index (χ1) is 7.27. The molecule has 0 bridgehead atoms. The lowest BCUT2D eigenvalue weighted by atomic mass is 10.1. The van der Waals surface area contributed by atoms with E-state index in [9.17, 15) is 0 Å². The average Bonchev–Trinajstić information content (AvgIpc) is 2.29. The number of rotatable bonds is 0. The Labute approximate surface area is 90.8 Å². The van der Waals surface area contributed by atoms with E-state index in [4.69, 9.17) is 27.2 Å². The molecule has 1 aromatic heterocycles. The van der Waals surface area contributed by atoms with Gasteiger partial charge in [-0.05, 0) is 12.1 Å². The van der Waals surface area contributed by atoms with Crippen LogP contribution in [0.2, 0.25) is 0 Å². The summed E-state index contributed by atoms with van der Waals surface area (Å²) in [6.07, 6.45) is 0. The molecule has 0 saturated carbocycles. The molecule has 0 amide bonds. The summed E-state index contributed by atoms with van der Waals surface area (Å²) in [5.41, 5.74) is 0.657. The molecule has 0 N–H and O–H groups in total. The van der Waals surface area contributed by atoms with Gasteiger partial charge in [0.1, 0.15) is 23.3 Å². The standard InChI is InChI=1S/C11H4N2OS/c12-5-8-10(6-13)14-9-4-2-1-3-7(9)11(8)15/h1-4H. The highest BCUT2D eigenvalue weighted by Gasteiger charge is 2.09. The van der Waals surface area contributed by atoms with E-state index in [-0.39, 0.29) is 11.3 Å². The van der Waals surface area contributed by atoms with Crippen LogP contribution < -0.4 is 0 Å². The van der Waals surface area contributed by atoms with Gasteiger partial charge in [-0.15, -0.1) is 0 Å². The lowest BCUT2D eigenvalue weighted by Crippen LogP contribution is -1.86. The number of hydrogen-bond acceptors (Lipinski definition) is 4. The van der Waals surface area contributed by atoms with E-state index in [1.165, 1.54) is 0 Å². The fourth-order valence-corrected chi connectivity index (χ4v) is 1.63. The topological polar surface area (TPSA) is 60.7 Å². The van der Waals surface area contributed by atoms with Crippen LogP contribution in [0.4, 0.5) is 0 Å². The molecule has 70 valence electrons. The van der Waals surface area contributed by atoms with Crippen molar-refractivity contribution >= 4 is 23.2 Å². The predicted octanol–water partition coefficient (Wildman–Crippen LogP) is 2.91. The molecule has 2 aromatic rings. The molecule has 0 unspecified atom stereocenters. The van der Waals surface area contributed by atoms with Crippen molar-refractivity contribution in [3.05, 3.63) is 40.1 Å². The third-order valence-electron chi connectivity index (χ3n) is 2.01. The number of para-hydroxylation sites is 1. The van der Waals surface area contributed by atoms with Crippen molar-refractivity contribution in [3.8, 4) is 12.1 Å². The first-order valence-corrected chi connectivity index (χ1v) is 4.55. The molecule has 0 aliphatic rings. The molecule has 0 aliphatic carbocycles. The summed E-state index contributed by atoms with van der Waals surface area (Å²) in [5.74, 6) is -0.0267. The molecule has 15 heavy (non-hydrogen) atoms. The Morgan fingerprint density at radius 3 is 2.53 bits per heavy atom. The monoisotopic (exact) mass is 212 g/mol. The highest BCUT2D eigenvalue weighted by molar-refractivity contribution is 7.71. The van der Waals surface area contributed by atoms with Gasteiger partial charge >= 0.3 is 0 Å². The molecule has 0 saturated heterocycles. The summed E-state index contributed by atoms with van der Waals surface area (Å²) in [4.78, 5) is 0. The Morgan fingerprint density at radius 1 is 1.13 bits per heavy atom. The summed E-state index contributed by atoms with van der Waals surface area (Å²) in [6.45, 7) is 0. The molecule has 0 aliphatic heterocycles. The highest BCUT2D eigenvalue weighted by atomic mass is 32.1. The van der Waals surface area contributed by atoms with Crippen LogP contribution >= 0.6 is 12.2 Å². The van der Waals surface area contributed by atoms with Crippen molar-refractivity contribution in [2.75, 3.05) is 0 Å². The van der Waals surface area contributed by atoms with E-state index in [0.717, 1.165) is 0 Å². The maximum Gasteiger partial charge on any atom is 0.223 e. The van der Waals surface area contributed by atoms with E-state index in [2.05, 4.69) is 0 Å². The van der Waals surface area contributed by atoms with Gasteiger partial charge in [-0.25, -0.2) is 0 Å². The summed E-state index contributed by atoms with van der Waals surface area (Å²) >= 11 is 5.11. The van der Waals surface area contributed by atoms with Crippen molar-refractivity contribution in [1.82, 2.24) is 0 Å². The van der Waals surface area contributed by atoms with Gasteiger partial charge in [0, 0.05) is 5.39 Å². The van der Waals surface area contributed by atoms with Crippen molar-refractivity contribution in [2.24, 2.45) is 0 Å². The average molecular weight is 212 g/mol. The molecule has 0 fully saturated rings. The SMILES string of the molecule is N#Cc1oc2ccccc2c(=S)c1C#N. The lowest BCUT2D eigenvalue weighted by Gasteiger charge is -1.99. The Bertz CT molecular complexity index is 674. The Morgan fingerprint density at radius 2 is 1.87 bits per heavy atom. The van der Waals surface area contributed by atoms with Crippen LogP contribution in [-0.2, 0) is 0 Å². The molecule has 4 heteroatoms. The maximum atomic E-state index is 8.86. The van der Waals surface area contributed by atoms with E-state index >= 15 is 0 Å². The van der Waals surface area contributed by atoms with Crippen LogP contribution in [0, 0.1) is 27.2 Å². The second-order valence-corrected chi connectivity index (χ2v) is 3.26. The summed E-state index contributed by atoms with van der Waals surface area (Å²) in [5, 5.41) is 18.3. The van der Waals surface area contributed by atoms with Gasteiger partial charge in [-0.1, -0.05) is 24.4 Å². The van der Waals surface area contributed by atoms with Crippen molar-refractivity contribution < 1.29 is 4.42 Å². The van der Waals surface area contributed by atoms with Crippen LogP contribution in [0.25, 0.3) is 11.0 Å². The molecule has 1 aromatic carbocycles. The summed E-state index contributed by atoms with van der Waals surface area (Å²) in [6, 6.07) is 10.8. The quantitative estimate of drug-likeness (QED) is 0.630. The first-order valence-electron chi connectivity index (χ1n) is 4.14.